The molecule has 4 nitrogen and oxygen atoms in total. The summed E-state index contributed by atoms with van der Waals surface area (Å²) in [5.41, 5.74) is 0. The van der Waals surface area contributed by atoms with Crippen LogP contribution < -0.4 is 0 Å². The SMILES string of the molecule is CCC(C)C1CCOC1COP(=O)(S)OC(C)C. The number of hydrogen-bond donors (Lipinski definition) is 1. The normalized spacial score (nSPS) is 29.4. The molecule has 0 spiro atoms. The molecule has 1 aliphatic heterocycles. The zero-order valence-corrected chi connectivity index (χ0v) is 13.5. The molecule has 1 heterocycles. The third-order valence-electron chi connectivity index (χ3n) is 3.38. The predicted molar refractivity (Wildman–Crippen MR) is 76.1 cm³/mol. The Labute approximate surface area is 115 Å². The number of ether oxygens (including phenoxy) is 1. The maximum Gasteiger partial charge on any atom is 0.386 e. The third kappa shape index (κ3) is 5.22. The van der Waals surface area contributed by atoms with E-state index in [1.54, 1.807) is 13.8 Å². The highest BCUT2D eigenvalue weighted by Gasteiger charge is 2.34. The first-order valence-electron chi connectivity index (χ1n) is 6.63. The van der Waals surface area contributed by atoms with Crippen molar-refractivity contribution in [1.82, 2.24) is 0 Å². The standard InChI is InChI=1S/C12H25O4PS/c1-5-10(4)11-6-7-14-12(11)8-15-17(13,18)16-9(2)3/h9-12H,5-8H2,1-4H3,(H,13,18). The van der Waals surface area contributed by atoms with Crippen molar-refractivity contribution in [3.05, 3.63) is 0 Å². The maximum atomic E-state index is 11.9. The minimum atomic E-state index is -3.25. The monoisotopic (exact) mass is 296 g/mol. The van der Waals surface area contributed by atoms with Gasteiger partial charge in [-0.2, -0.15) is 0 Å². The van der Waals surface area contributed by atoms with E-state index in [4.69, 9.17) is 13.8 Å². The smallest absolute Gasteiger partial charge is 0.375 e. The lowest BCUT2D eigenvalue weighted by molar-refractivity contribution is 0.0310. The molecule has 4 unspecified atom stereocenters. The van der Waals surface area contributed by atoms with Crippen molar-refractivity contribution in [3.63, 3.8) is 0 Å². The summed E-state index contributed by atoms with van der Waals surface area (Å²) in [5.74, 6) is 1.06. The van der Waals surface area contributed by atoms with Crippen molar-refractivity contribution in [2.45, 2.75) is 52.7 Å². The molecule has 0 aromatic heterocycles. The number of rotatable bonds is 7. The Balaban J connectivity index is 2.45. The molecule has 108 valence electrons. The van der Waals surface area contributed by atoms with Gasteiger partial charge in [-0.1, -0.05) is 32.5 Å². The summed E-state index contributed by atoms with van der Waals surface area (Å²) < 4.78 is 28.0. The quantitative estimate of drug-likeness (QED) is 0.571. The van der Waals surface area contributed by atoms with E-state index in [0.717, 1.165) is 19.4 Å². The van der Waals surface area contributed by atoms with Gasteiger partial charge >= 0.3 is 6.80 Å². The Kier molecular flexibility index (Phi) is 6.70. The first-order chi connectivity index (χ1) is 8.35. The van der Waals surface area contributed by atoms with Gasteiger partial charge in [-0.25, -0.2) is 4.57 Å². The fourth-order valence-electron chi connectivity index (χ4n) is 2.25. The molecule has 1 saturated heterocycles. The van der Waals surface area contributed by atoms with Crippen LogP contribution in [-0.4, -0.2) is 25.4 Å². The second kappa shape index (κ2) is 7.30. The van der Waals surface area contributed by atoms with Crippen molar-refractivity contribution in [2.75, 3.05) is 13.2 Å². The lowest BCUT2D eigenvalue weighted by Gasteiger charge is -2.25. The molecule has 1 aliphatic rings. The summed E-state index contributed by atoms with van der Waals surface area (Å²) >= 11 is 3.96. The highest BCUT2D eigenvalue weighted by Crippen LogP contribution is 2.54. The number of thiol groups is 1. The van der Waals surface area contributed by atoms with E-state index >= 15 is 0 Å². The van der Waals surface area contributed by atoms with Crippen molar-refractivity contribution in [2.24, 2.45) is 11.8 Å². The van der Waals surface area contributed by atoms with E-state index in [0.29, 0.717) is 18.4 Å². The van der Waals surface area contributed by atoms with Crippen LogP contribution in [-0.2, 0) is 18.3 Å². The average molecular weight is 296 g/mol. The zero-order chi connectivity index (χ0) is 13.8. The molecule has 0 aromatic rings. The third-order valence-corrected chi connectivity index (χ3v) is 5.17. The van der Waals surface area contributed by atoms with Crippen molar-refractivity contribution < 1.29 is 18.3 Å². The molecule has 0 N–H and O–H groups in total. The summed E-state index contributed by atoms with van der Waals surface area (Å²) in [5, 5.41) is 0. The van der Waals surface area contributed by atoms with Gasteiger partial charge in [0.15, 0.2) is 0 Å². The Morgan fingerprint density at radius 3 is 2.67 bits per heavy atom. The van der Waals surface area contributed by atoms with Crippen LogP contribution in [0.3, 0.4) is 0 Å². The lowest BCUT2D eigenvalue weighted by Crippen LogP contribution is -2.26. The fourth-order valence-corrected chi connectivity index (χ4v) is 3.95. The van der Waals surface area contributed by atoms with Crippen molar-refractivity contribution in [3.8, 4) is 0 Å². The van der Waals surface area contributed by atoms with E-state index in [9.17, 15) is 4.57 Å². The molecule has 0 radical (unpaired) electrons. The molecule has 0 saturated carbocycles. The second-order valence-electron chi connectivity index (χ2n) is 5.17. The highest BCUT2D eigenvalue weighted by molar-refractivity contribution is 8.44. The molecule has 1 fully saturated rings. The van der Waals surface area contributed by atoms with Gasteiger partial charge in [0.25, 0.3) is 0 Å². The molecular weight excluding hydrogens is 271 g/mol. The van der Waals surface area contributed by atoms with E-state index in [1.807, 2.05) is 0 Å². The second-order valence-corrected chi connectivity index (χ2v) is 8.04. The molecule has 1 rings (SSSR count). The fraction of sp³-hybridized carbons (Fsp3) is 1.00. The largest absolute Gasteiger partial charge is 0.386 e. The van der Waals surface area contributed by atoms with Crippen LogP contribution in [0.4, 0.5) is 0 Å². The Hall–Kier alpha value is 0.460. The Morgan fingerprint density at radius 2 is 2.11 bits per heavy atom. The van der Waals surface area contributed by atoms with Gasteiger partial charge < -0.3 is 4.74 Å². The van der Waals surface area contributed by atoms with Crippen LogP contribution in [0.25, 0.3) is 0 Å². The summed E-state index contributed by atoms with van der Waals surface area (Å²) in [6, 6.07) is 0. The molecule has 4 atom stereocenters. The molecule has 18 heavy (non-hydrogen) atoms. The van der Waals surface area contributed by atoms with Crippen LogP contribution in [0.15, 0.2) is 0 Å². The zero-order valence-electron chi connectivity index (χ0n) is 11.7. The summed E-state index contributed by atoms with van der Waals surface area (Å²) in [7, 11) is 0. The number of hydrogen-bond acceptors (Lipinski definition) is 4. The first kappa shape index (κ1) is 16.5. The predicted octanol–water partition coefficient (Wildman–Crippen LogP) is 3.92. The van der Waals surface area contributed by atoms with Gasteiger partial charge in [0, 0.05) is 6.61 Å². The van der Waals surface area contributed by atoms with Gasteiger partial charge in [-0.05, 0) is 32.1 Å². The van der Waals surface area contributed by atoms with E-state index < -0.39 is 6.80 Å². The van der Waals surface area contributed by atoms with Gasteiger partial charge in [0.05, 0.1) is 18.8 Å². The summed E-state index contributed by atoms with van der Waals surface area (Å²) in [6.45, 7) is 5.80. The molecule has 0 amide bonds. The van der Waals surface area contributed by atoms with E-state index in [2.05, 4.69) is 26.1 Å². The topological polar surface area (TPSA) is 44.8 Å². The van der Waals surface area contributed by atoms with Crippen LogP contribution in [0, 0.1) is 11.8 Å². The van der Waals surface area contributed by atoms with Gasteiger partial charge in [-0.15, -0.1) is 0 Å². The minimum Gasteiger partial charge on any atom is -0.375 e. The highest BCUT2D eigenvalue weighted by atomic mass is 32.7. The average Bonchev–Trinajstić information content (AvgIpc) is 2.72. The summed E-state index contributed by atoms with van der Waals surface area (Å²) in [4.78, 5) is 0. The van der Waals surface area contributed by atoms with Gasteiger partial charge in [0.1, 0.15) is 0 Å². The Morgan fingerprint density at radius 1 is 1.44 bits per heavy atom. The first-order valence-corrected chi connectivity index (χ1v) is 9.32. The summed E-state index contributed by atoms with van der Waals surface area (Å²) in [6.07, 6.45) is 2.01. The molecule has 0 bridgehead atoms. The van der Waals surface area contributed by atoms with Gasteiger partial charge in [0.2, 0.25) is 0 Å². The van der Waals surface area contributed by atoms with E-state index in [1.165, 1.54) is 0 Å². The van der Waals surface area contributed by atoms with Crippen LogP contribution in [0.5, 0.6) is 0 Å². The van der Waals surface area contributed by atoms with Crippen LogP contribution >= 0.6 is 19.0 Å². The molecular formula is C12H25O4PS. The lowest BCUT2D eigenvalue weighted by atomic mass is 9.87. The van der Waals surface area contributed by atoms with E-state index in [-0.39, 0.29) is 12.2 Å². The molecule has 0 aromatic carbocycles. The maximum absolute atomic E-state index is 11.9. The minimum absolute atomic E-state index is 0.0104. The molecule has 6 heteroatoms. The van der Waals surface area contributed by atoms with Crippen LogP contribution in [0.1, 0.15) is 40.5 Å². The molecule has 0 aliphatic carbocycles. The Bertz CT molecular complexity index is 298. The van der Waals surface area contributed by atoms with Crippen LogP contribution in [0.2, 0.25) is 0 Å². The van der Waals surface area contributed by atoms with Gasteiger partial charge in [-0.3, -0.25) is 9.05 Å². The van der Waals surface area contributed by atoms with Crippen molar-refractivity contribution >= 4 is 19.0 Å². The van der Waals surface area contributed by atoms with Crippen molar-refractivity contribution in [1.29, 1.82) is 0 Å².